The van der Waals surface area contributed by atoms with Crippen molar-refractivity contribution in [3.05, 3.63) is 95.7 Å². The minimum absolute atomic E-state index is 0.149. The van der Waals surface area contributed by atoms with Gasteiger partial charge in [0.05, 0.1) is 11.5 Å². The second kappa shape index (κ2) is 9.53. The number of carbonyl (C=O) groups is 1. The molecule has 0 radical (unpaired) electrons. The molecule has 4 aromatic rings. The number of esters is 1. The summed E-state index contributed by atoms with van der Waals surface area (Å²) >= 11 is 1.40. The minimum atomic E-state index is -4.05. The summed E-state index contributed by atoms with van der Waals surface area (Å²) in [7, 11) is -4.05. The van der Waals surface area contributed by atoms with Gasteiger partial charge in [0.15, 0.2) is 0 Å². The highest BCUT2D eigenvalue weighted by atomic mass is 32.2. The third-order valence-corrected chi connectivity index (χ3v) is 9.43. The Balaban J connectivity index is 1.73. The van der Waals surface area contributed by atoms with Crippen LogP contribution in [0.25, 0.3) is 10.9 Å². The summed E-state index contributed by atoms with van der Waals surface area (Å²) in [5.41, 5.74) is 3.60. The topological polar surface area (TPSA) is 79.5 Å². The van der Waals surface area contributed by atoms with E-state index in [1.807, 2.05) is 61.5 Å². The van der Waals surface area contributed by atoms with E-state index in [-0.39, 0.29) is 17.9 Å². The normalized spacial score (nSPS) is 18.3. The summed E-state index contributed by atoms with van der Waals surface area (Å²) in [6.45, 7) is 3.81. The number of benzene rings is 3. The van der Waals surface area contributed by atoms with Crippen molar-refractivity contribution in [2.24, 2.45) is 0 Å². The van der Waals surface area contributed by atoms with E-state index < -0.39 is 27.4 Å². The van der Waals surface area contributed by atoms with Crippen molar-refractivity contribution in [3.63, 3.8) is 0 Å². The summed E-state index contributed by atoms with van der Waals surface area (Å²) in [4.78, 5) is 17.8. The maximum Gasteiger partial charge on any atom is 0.324 e. The predicted octanol–water partition coefficient (Wildman–Crippen LogP) is 5.45. The Morgan fingerprint density at radius 3 is 2.43 bits per heavy atom. The van der Waals surface area contributed by atoms with Crippen molar-refractivity contribution in [1.29, 1.82) is 0 Å². The van der Waals surface area contributed by atoms with Crippen LogP contribution in [0, 0.1) is 6.92 Å². The quantitative estimate of drug-likeness (QED) is 0.352. The first kappa shape index (κ1) is 23.7. The molecule has 1 N–H and O–H groups in total. The lowest BCUT2D eigenvalue weighted by Gasteiger charge is -2.39. The molecule has 8 heteroatoms. The summed E-state index contributed by atoms with van der Waals surface area (Å²) in [6.07, 6.45) is 0.231. The van der Waals surface area contributed by atoms with Gasteiger partial charge in [0.1, 0.15) is 11.4 Å². The number of fused-ring (bicyclic) bond motifs is 3. The Bertz CT molecular complexity index is 1460. The SMILES string of the molecule is CCOC(=O)[C@@H]1Cc2c([nH]c3ccccc23)C(Sc2ccccc2)N1S(=O)(=O)c1ccc(C)cc1. The third-order valence-electron chi connectivity index (χ3n) is 6.18. The number of nitrogens with zero attached hydrogens (tertiary/aromatic N) is 1. The van der Waals surface area contributed by atoms with Crippen molar-refractivity contribution >= 4 is 38.7 Å². The largest absolute Gasteiger partial charge is 0.465 e. The number of thioether (sulfide) groups is 1. The van der Waals surface area contributed by atoms with Gasteiger partial charge in [-0.3, -0.25) is 4.79 Å². The number of aromatic amines is 1. The summed E-state index contributed by atoms with van der Waals surface area (Å²) in [6, 6.07) is 23.2. The second-order valence-corrected chi connectivity index (χ2v) is 11.5. The third kappa shape index (κ3) is 4.37. The lowest BCUT2D eigenvalue weighted by atomic mass is 9.98. The number of nitrogens with one attached hydrogen (secondary N) is 1. The van der Waals surface area contributed by atoms with Gasteiger partial charge in [-0.1, -0.05) is 65.9 Å². The first-order valence-electron chi connectivity index (χ1n) is 11.5. The molecule has 0 amide bonds. The van der Waals surface area contributed by atoms with Gasteiger partial charge >= 0.3 is 5.97 Å². The van der Waals surface area contributed by atoms with Crippen molar-refractivity contribution in [3.8, 4) is 0 Å². The van der Waals surface area contributed by atoms with Gasteiger partial charge in [-0.2, -0.15) is 4.31 Å². The van der Waals surface area contributed by atoms with Crippen molar-refractivity contribution in [1.82, 2.24) is 9.29 Å². The Morgan fingerprint density at radius 2 is 1.71 bits per heavy atom. The number of H-pyrrole nitrogens is 1. The number of hydrogen-bond donors (Lipinski definition) is 1. The van der Waals surface area contributed by atoms with E-state index in [2.05, 4.69) is 4.98 Å². The standard InChI is InChI=1S/C27H26N2O4S2/c1-3-33-27(30)24-17-22-21-11-7-8-12-23(21)28-25(22)26(34-19-9-5-4-6-10-19)29(24)35(31,32)20-15-13-18(2)14-16-20/h4-16,24,26,28H,3,17H2,1-2H3/t24-,26?/m0/s1. The molecule has 2 heterocycles. The number of carbonyl (C=O) groups excluding carboxylic acids is 1. The highest BCUT2D eigenvalue weighted by Gasteiger charge is 2.48. The van der Waals surface area contributed by atoms with Gasteiger partial charge in [-0.15, -0.1) is 0 Å². The Morgan fingerprint density at radius 1 is 1.03 bits per heavy atom. The van der Waals surface area contributed by atoms with Crippen LogP contribution in [0.4, 0.5) is 0 Å². The highest BCUT2D eigenvalue weighted by molar-refractivity contribution is 8.00. The van der Waals surface area contributed by atoms with Crippen LogP contribution < -0.4 is 0 Å². The molecule has 0 aliphatic carbocycles. The molecule has 0 spiro atoms. The molecule has 1 aromatic heterocycles. The molecular formula is C27H26N2O4S2. The van der Waals surface area contributed by atoms with Gasteiger partial charge < -0.3 is 9.72 Å². The predicted molar refractivity (Wildman–Crippen MR) is 138 cm³/mol. The zero-order chi connectivity index (χ0) is 24.6. The average Bonchev–Trinajstić information content (AvgIpc) is 3.23. The fraction of sp³-hybridized carbons (Fsp3) is 0.222. The molecule has 1 aliphatic rings. The number of ether oxygens (including phenoxy) is 1. The molecule has 0 saturated carbocycles. The first-order chi connectivity index (χ1) is 16.9. The van der Waals surface area contributed by atoms with Crippen LogP contribution >= 0.6 is 11.8 Å². The monoisotopic (exact) mass is 506 g/mol. The number of rotatable bonds is 6. The summed E-state index contributed by atoms with van der Waals surface area (Å²) in [5.74, 6) is -0.544. The molecule has 5 rings (SSSR count). The number of hydrogen-bond acceptors (Lipinski definition) is 5. The van der Waals surface area contributed by atoms with Crippen LogP contribution in [0.15, 0.2) is 88.7 Å². The number of sulfonamides is 1. The molecule has 0 fully saturated rings. The Hall–Kier alpha value is -3.07. The smallest absolute Gasteiger partial charge is 0.324 e. The van der Waals surface area contributed by atoms with Gasteiger partial charge in [-0.05, 0) is 49.7 Å². The molecular weight excluding hydrogens is 480 g/mol. The van der Waals surface area contributed by atoms with E-state index in [4.69, 9.17) is 4.74 Å². The minimum Gasteiger partial charge on any atom is -0.465 e. The maximum atomic E-state index is 14.1. The van der Waals surface area contributed by atoms with E-state index >= 15 is 0 Å². The average molecular weight is 507 g/mol. The van der Waals surface area contributed by atoms with Gasteiger partial charge in [0, 0.05) is 27.9 Å². The van der Waals surface area contributed by atoms with E-state index in [9.17, 15) is 13.2 Å². The number of aromatic nitrogens is 1. The van der Waals surface area contributed by atoms with Crippen molar-refractivity contribution < 1.29 is 17.9 Å². The van der Waals surface area contributed by atoms with Crippen molar-refractivity contribution in [2.75, 3.05) is 6.61 Å². The van der Waals surface area contributed by atoms with Crippen LogP contribution in [0.5, 0.6) is 0 Å². The lowest BCUT2D eigenvalue weighted by molar-refractivity contribution is -0.148. The van der Waals surface area contributed by atoms with Crippen LogP contribution in [0.1, 0.15) is 29.1 Å². The molecule has 0 bridgehead atoms. The van der Waals surface area contributed by atoms with Crippen LogP contribution in [-0.4, -0.2) is 36.3 Å². The van der Waals surface area contributed by atoms with Gasteiger partial charge in [0.25, 0.3) is 0 Å². The van der Waals surface area contributed by atoms with Gasteiger partial charge in [-0.25, -0.2) is 8.42 Å². The fourth-order valence-electron chi connectivity index (χ4n) is 4.52. The molecule has 2 atom stereocenters. The van der Waals surface area contributed by atoms with E-state index in [1.165, 1.54) is 16.1 Å². The molecule has 1 unspecified atom stereocenters. The van der Waals surface area contributed by atoms with Crippen LogP contribution in [-0.2, 0) is 26.0 Å². The highest BCUT2D eigenvalue weighted by Crippen LogP contribution is 2.48. The molecule has 6 nitrogen and oxygen atoms in total. The second-order valence-electron chi connectivity index (χ2n) is 8.47. The van der Waals surface area contributed by atoms with E-state index in [1.54, 1.807) is 31.2 Å². The summed E-state index contributed by atoms with van der Waals surface area (Å²) in [5, 5.41) is 0.303. The number of aryl methyl sites for hydroxylation is 1. The zero-order valence-electron chi connectivity index (χ0n) is 19.5. The van der Waals surface area contributed by atoms with Crippen molar-refractivity contribution in [2.45, 2.75) is 41.5 Å². The first-order valence-corrected chi connectivity index (χ1v) is 13.8. The molecule has 180 valence electrons. The Labute approximate surface area is 209 Å². The fourth-order valence-corrected chi connectivity index (χ4v) is 7.70. The van der Waals surface area contributed by atoms with Crippen LogP contribution in [0.2, 0.25) is 0 Å². The van der Waals surface area contributed by atoms with E-state index in [0.29, 0.717) is 0 Å². The van der Waals surface area contributed by atoms with E-state index in [0.717, 1.165) is 32.6 Å². The molecule has 3 aromatic carbocycles. The number of para-hydroxylation sites is 1. The van der Waals surface area contributed by atoms with Gasteiger partial charge in [0.2, 0.25) is 10.0 Å². The Kier molecular flexibility index (Phi) is 6.44. The molecule has 35 heavy (non-hydrogen) atoms. The summed E-state index contributed by atoms with van der Waals surface area (Å²) < 4.78 is 35.0. The maximum absolute atomic E-state index is 14.1. The van der Waals surface area contributed by atoms with Crippen LogP contribution in [0.3, 0.4) is 0 Å². The molecule has 0 saturated heterocycles. The zero-order valence-corrected chi connectivity index (χ0v) is 21.1. The molecule has 1 aliphatic heterocycles. The lowest BCUT2D eigenvalue weighted by Crippen LogP contribution is -2.50.